The van der Waals surface area contributed by atoms with Crippen molar-refractivity contribution in [3.05, 3.63) is 29.8 Å². The van der Waals surface area contributed by atoms with Gasteiger partial charge in [-0.25, -0.2) is 0 Å². The SMILES string of the molecule is CC1CN(c2ccc(C(C)C)cc2)CC(C)(O)CN1. The summed E-state index contributed by atoms with van der Waals surface area (Å²) in [6, 6.07) is 9.11. The summed E-state index contributed by atoms with van der Waals surface area (Å²) < 4.78 is 0. The number of β-amino-alcohol motifs (C(OH)–C–C–N with tert-alkyl or cyclic N) is 1. The van der Waals surface area contributed by atoms with Crippen molar-refractivity contribution in [3.8, 4) is 0 Å². The van der Waals surface area contributed by atoms with Gasteiger partial charge in [-0.05, 0) is 37.5 Å². The average molecular weight is 262 g/mol. The Bertz CT molecular complexity index is 411. The molecule has 1 aliphatic heterocycles. The average Bonchev–Trinajstić information content (AvgIpc) is 2.48. The van der Waals surface area contributed by atoms with Gasteiger partial charge in [0.1, 0.15) is 0 Å². The summed E-state index contributed by atoms with van der Waals surface area (Å²) in [4.78, 5) is 2.27. The molecule has 1 fully saturated rings. The number of rotatable bonds is 2. The Morgan fingerprint density at radius 1 is 1.32 bits per heavy atom. The van der Waals surface area contributed by atoms with E-state index < -0.39 is 5.60 Å². The molecule has 2 rings (SSSR count). The highest BCUT2D eigenvalue weighted by Crippen LogP contribution is 2.23. The normalized spacial score (nSPS) is 28.5. The lowest BCUT2D eigenvalue weighted by Gasteiger charge is -2.30. The fourth-order valence-electron chi connectivity index (χ4n) is 2.59. The Morgan fingerprint density at radius 2 is 1.95 bits per heavy atom. The second-order valence-corrected chi connectivity index (χ2v) is 6.41. The highest BCUT2D eigenvalue weighted by Gasteiger charge is 2.29. The van der Waals surface area contributed by atoms with Crippen molar-refractivity contribution < 1.29 is 5.11 Å². The molecule has 1 aromatic rings. The predicted molar refractivity (Wildman–Crippen MR) is 80.8 cm³/mol. The van der Waals surface area contributed by atoms with E-state index in [1.807, 2.05) is 6.92 Å². The molecule has 0 spiro atoms. The maximum absolute atomic E-state index is 10.3. The number of benzene rings is 1. The van der Waals surface area contributed by atoms with E-state index in [0.29, 0.717) is 25.0 Å². The van der Waals surface area contributed by atoms with E-state index in [1.165, 1.54) is 11.3 Å². The van der Waals surface area contributed by atoms with E-state index in [-0.39, 0.29) is 0 Å². The van der Waals surface area contributed by atoms with Gasteiger partial charge in [0.15, 0.2) is 0 Å². The lowest BCUT2D eigenvalue weighted by molar-refractivity contribution is 0.0718. The molecule has 0 aromatic heterocycles. The van der Waals surface area contributed by atoms with Gasteiger partial charge in [-0.2, -0.15) is 0 Å². The minimum atomic E-state index is -0.679. The van der Waals surface area contributed by atoms with Crippen LogP contribution in [-0.4, -0.2) is 36.4 Å². The molecule has 3 heteroatoms. The summed E-state index contributed by atoms with van der Waals surface area (Å²) in [6.45, 7) is 10.7. The fraction of sp³-hybridized carbons (Fsp3) is 0.625. The first-order valence-corrected chi connectivity index (χ1v) is 7.18. The lowest BCUT2D eigenvalue weighted by Crippen LogP contribution is -2.43. The predicted octanol–water partition coefficient (Wildman–Crippen LogP) is 2.36. The fourth-order valence-corrected chi connectivity index (χ4v) is 2.59. The third-order valence-electron chi connectivity index (χ3n) is 3.78. The van der Waals surface area contributed by atoms with E-state index >= 15 is 0 Å². The largest absolute Gasteiger partial charge is 0.387 e. The Morgan fingerprint density at radius 3 is 2.53 bits per heavy atom. The molecule has 2 N–H and O–H groups in total. The van der Waals surface area contributed by atoms with Crippen molar-refractivity contribution in [3.63, 3.8) is 0 Å². The zero-order valence-electron chi connectivity index (χ0n) is 12.5. The van der Waals surface area contributed by atoms with Crippen LogP contribution in [0.25, 0.3) is 0 Å². The third kappa shape index (κ3) is 3.71. The molecule has 106 valence electrons. The first kappa shape index (κ1) is 14.4. The minimum Gasteiger partial charge on any atom is -0.387 e. The Balaban J connectivity index is 2.18. The molecule has 2 unspecified atom stereocenters. The van der Waals surface area contributed by atoms with Gasteiger partial charge in [0.2, 0.25) is 0 Å². The van der Waals surface area contributed by atoms with Crippen LogP contribution in [0.3, 0.4) is 0 Å². The Kier molecular flexibility index (Phi) is 4.16. The van der Waals surface area contributed by atoms with Crippen molar-refractivity contribution in [1.82, 2.24) is 5.32 Å². The maximum atomic E-state index is 10.3. The van der Waals surface area contributed by atoms with Gasteiger partial charge in [-0.1, -0.05) is 26.0 Å². The molecule has 0 saturated carbocycles. The Labute approximate surface area is 116 Å². The lowest BCUT2D eigenvalue weighted by atomic mass is 10.0. The van der Waals surface area contributed by atoms with E-state index in [4.69, 9.17) is 0 Å². The molecule has 0 amide bonds. The van der Waals surface area contributed by atoms with Crippen LogP contribution < -0.4 is 10.2 Å². The molecule has 3 nitrogen and oxygen atoms in total. The van der Waals surface area contributed by atoms with Crippen LogP contribution in [0.5, 0.6) is 0 Å². The number of aliphatic hydroxyl groups is 1. The van der Waals surface area contributed by atoms with Gasteiger partial charge in [-0.3, -0.25) is 0 Å². The van der Waals surface area contributed by atoms with Gasteiger partial charge in [0, 0.05) is 31.4 Å². The molecule has 1 heterocycles. The molecule has 19 heavy (non-hydrogen) atoms. The van der Waals surface area contributed by atoms with Gasteiger partial charge in [0.25, 0.3) is 0 Å². The smallest absolute Gasteiger partial charge is 0.0917 e. The number of hydrogen-bond donors (Lipinski definition) is 2. The number of anilines is 1. The highest BCUT2D eigenvalue weighted by molar-refractivity contribution is 5.49. The van der Waals surface area contributed by atoms with Gasteiger partial charge >= 0.3 is 0 Å². The third-order valence-corrected chi connectivity index (χ3v) is 3.78. The van der Waals surface area contributed by atoms with E-state index in [2.05, 4.69) is 55.3 Å². The van der Waals surface area contributed by atoms with Crippen LogP contribution in [0, 0.1) is 0 Å². The van der Waals surface area contributed by atoms with E-state index in [9.17, 15) is 5.11 Å². The monoisotopic (exact) mass is 262 g/mol. The topological polar surface area (TPSA) is 35.5 Å². The van der Waals surface area contributed by atoms with Crippen molar-refractivity contribution in [2.24, 2.45) is 0 Å². The number of nitrogens with one attached hydrogen (secondary N) is 1. The number of nitrogens with zero attached hydrogens (tertiary/aromatic N) is 1. The van der Waals surface area contributed by atoms with Crippen LogP contribution in [0.15, 0.2) is 24.3 Å². The highest BCUT2D eigenvalue weighted by atomic mass is 16.3. The van der Waals surface area contributed by atoms with Crippen molar-refractivity contribution in [2.45, 2.75) is 45.3 Å². The van der Waals surface area contributed by atoms with Gasteiger partial charge < -0.3 is 15.3 Å². The first-order valence-electron chi connectivity index (χ1n) is 7.18. The summed E-state index contributed by atoms with van der Waals surface area (Å²) >= 11 is 0. The first-order chi connectivity index (χ1) is 8.87. The van der Waals surface area contributed by atoms with Crippen molar-refractivity contribution in [1.29, 1.82) is 0 Å². The maximum Gasteiger partial charge on any atom is 0.0917 e. The molecular formula is C16H26N2O. The van der Waals surface area contributed by atoms with Gasteiger partial charge in [-0.15, -0.1) is 0 Å². The van der Waals surface area contributed by atoms with Crippen LogP contribution in [0.2, 0.25) is 0 Å². The zero-order valence-corrected chi connectivity index (χ0v) is 12.5. The molecule has 0 radical (unpaired) electrons. The quantitative estimate of drug-likeness (QED) is 0.859. The second kappa shape index (κ2) is 5.51. The summed E-state index contributed by atoms with van der Waals surface area (Å²) in [6.07, 6.45) is 0. The van der Waals surface area contributed by atoms with Crippen molar-refractivity contribution >= 4 is 5.69 Å². The molecule has 1 aliphatic rings. The van der Waals surface area contributed by atoms with Gasteiger partial charge in [0.05, 0.1) is 5.60 Å². The molecule has 2 atom stereocenters. The summed E-state index contributed by atoms with van der Waals surface area (Å²) in [7, 11) is 0. The van der Waals surface area contributed by atoms with Crippen LogP contribution >= 0.6 is 0 Å². The zero-order chi connectivity index (χ0) is 14.0. The Hall–Kier alpha value is -1.06. The second-order valence-electron chi connectivity index (χ2n) is 6.41. The summed E-state index contributed by atoms with van der Waals surface area (Å²) in [5.41, 5.74) is 1.87. The van der Waals surface area contributed by atoms with Crippen LogP contribution in [0.1, 0.15) is 39.2 Å². The van der Waals surface area contributed by atoms with Crippen molar-refractivity contribution in [2.75, 3.05) is 24.5 Å². The molecule has 1 saturated heterocycles. The summed E-state index contributed by atoms with van der Waals surface area (Å²) in [5, 5.41) is 13.7. The minimum absolute atomic E-state index is 0.388. The van der Waals surface area contributed by atoms with E-state index in [1.54, 1.807) is 0 Å². The van der Waals surface area contributed by atoms with Crippen LogP contribution in [0.4, 0.5) is 5.69 Å². The van der Waals surface area contributed by atoms with E-state index in [0.717, 1.165) is 6.54 Å². The molecule has 0 aliphatic carbocycles. The molecular weight excluding hydrogens is 236 g/mol. The van der Waals surface area contributed by atoms with Crippen LogP contribution in [-0.2, 0) is 0 Å². The number of hydrogen-bond acceptors (Lipinski definition) is 3. The molecule has 0 bridgehead atoms. The summed E-state index contributed by atoms with van der Waals surface area (Å²) in [5.74, 6) is 0.557. The standard InChI is InChI=1S/C16H26N2O/c1-12(2)14-5-7-15(8-6-14)18-9-13(3)17-10-16(4,19)11-18/h5-8,12-13,17,19H,9-11H2,1-4H3. The molecule has 1 aromatic carbocycles.